The molecule has 6 heteroatoms. The molecule has 0 saturated carbocycles. The van der Waals surface area contributed by atoms with E-state index < -0.39 is 23.2 Å². The average molecular weight is 361 g/mol. The van der Waals surface area contributed by atoms with E-state index in [2.05, 4.69) is 0 Å². The number of aldehydes is 1. The van der Waals surface area contributed by atoms with Gasteiger partial charge >= 0.3 is 12.1 Å². The van der Waals surface area contributed by atoms with Crippen molar-refractivity contribution in [2.45, 2.75) is 64.2 Å². The Hall–Kier alpha value is -2.37. The summed E-state index contributed by atoms with van der Waals surface area (Å²) in [5.74, 6) is -0.548. The molecule has 1 aromatic rings. The number of carbonyl (C=O) groups excluding carboxylic acids is 3. The Kier molecular flexibility index (Phi) is 6.40. The monoisotopic (exact) mass is 361 g/mol. The number of hydrogen-bond acceptors (Lipinski definition) is 5. The predicted octanol–water partition coefficient (Wildman–Crippen LogP) is 3.48. The van der Waals surface area contributed by atoms with Crippen LogP contribution in [0.5, 0.6) is 0 Å². The van der Waals surface area contributed by atoms with E-state index >= 15 is 0 Å². The molecule has 1 aliphatic rings. The smallest absolute Gasteiger partial charge is 0.411 e. The lowest BCUT2D eigenvalue weighted by Gasteiger charge is -2.44. The summed E-state index contributed by atoms with van der Waals surface area (Å²) in [6.45, 7) is 5.77. The Balaban J connectivity index is 2.19. The fourth-order valence-corrected chi connectivity index (χ4v) is 3.12. The number of piperidine rings is 1. The molecule has 1 saturated heterocycles. The fourth-order valence-electron chi connectivity index (χ4n) is 3.12. The van der Waals surface area contributed by atoms with Crippen LogP contribution in [0.15, 0.2) is 30.3 Å². The van der Waals surface area contributed by atoms with E-state index in [9.17, 15) is 14.4 Å². The van der Waals surface area contributed by atoms with Gasteiger partial charge in [-0.25, -0.2) is 9.59 Å². The highest BCUT2D eigenvalue weighted by Gasteiger charge is 2.50. The summed E-state index contributed by atoms with van der Waals surface area (Å²) in [6.07, 6.45) is 1.87. The first-order valence-corrected chi connectivity index (χ1v) is 8.94. The van der Waals surface area contributed by atoms with Crippen LogP contribution in [0.1, 0.15) is 52.0 Å². The number of esters is 1. The molecular weight excluding hydrogens is 334 g/mol. The van der Waals surface area contributed by atoms with Gasteiger partial charge in [0.05, 0.1) is 0 Å². The second-order valence-electron chi connectivity index (χ2n) is 7.55. The number of benzene rings is 1. The van der Waals surface area contributed by atoms with E-state index in [-0.39, 0.29) is 13.0 Å². The van der Waals surface area contributed by atoms with Gasteiger partial charge in [0.2, 0.25) is 0 Å². The molecule has 0 aliphatic carbocycles. The number of nitrogens with zero attached hydrogens (tertiary/aromatic N) is 1. The summed E-state index contributed by atoms with van der Waals surface area (Å²) in [6, 6.07) is 9.32. The third kappa shape index (κ3) is 4.84. The van der Waals surface area contributed by atoms with E-state index in [1.54, 1.807) is 20.8 Å². The third-order valence-electron chi connectivity index (χ3n) is 4.36. The van der Waals surface area contributed by atoms with Crippen molar-refractivity contribution in [3.63, 3.8) is 0 Å². The summed E-state index contributed by atoms with van der Waals surface area (Å²) in [7, 11) is 0. The Morgan fingerprint density at radius 3 is 2.50 bits per heavy atom. The lowest BCUT2D eigenvalue weighted by molar-refractivity contribution is -0.172. The zero-order chi connectivity index (χ0) is 19.2. The molecule has 1 fully saturated rings. The van der Waals surface area contributed by atoms with Gasteiger partial charge in [-0.3, -0.25) is 4.90 Å². The van der Waals surface area contributed by atoms with Crippen molar-refractivity contribution < 1.29 is 23.9 Å². The van der Waals surface area contributed by atoms with Gasteiger partial charge < -0.3 is 14.3 Å². The van der Waals surface area contributed by atoms with Crippen molar-refractivity contribution in [3.05, 3.63) is 35.9 Å². The molecule has 2 rings (SSSR count). The number of likely N-dealkylation sites (tertiary alicyclic amines) is 1. The number of hydrogen-bond donors (Lipinski definition) is 0. The van der Waals surface area contributed by atoms with Gasteiger partial charge in [-0.2, -0.15) is 0 Å². The second kappa shape index (κ2) is 8.34. The van der Waals surface area contributed by atoms with Gasteiger partial charge in [0, 0.05) is 13.0 Å². The normalized spacial score (nSPS) is 20.3. The van der Waals surface area contributed by atoms with Crippen LogP contribution in [0, 0.1) is 0 Å². The minimum atomic E-state index is -1.29. The number of amides is 1. The Labute approximate surface area is 154 Å². The molecule has 1 unspecified atom stereocenters. The van der Waals surface area contributed by atoms with Crippen LogP contribution >= 0.6 is 0 Å². The first-order valence-electron chi connectivity index (χ1n) is 8.94. The molecule has 1 heterocycles. The molecule has 0 radical (unpaired) electrons. The zero-order valence-corrected chi connectivity index (χ0v) is 15.7. The van der Waals surface area contributed by atoms with Gasteiger partial charge in [-0.15, -0.1) is 0 Å². The van der Waals surface area contributed by atoms with E-state index in [1.807, 2.05) is 30.3 Å². The quantitative estimate of drug-likeness (QED) is 0.593. The van der Waals surface area contributed by atoms with Crippen molar-refractivity contribution in [2.75, 3.05) is 6.54 Å². The van der Waals surface area contributed by atoms with Crippen LogP contribution in [-0.4, -0.2) is 40.9 Å². The van der Waals surface area contributed by atoms with Crippen LogP contribution in [0.25, 0.3) is 0 Å². The largest absolute Gasteiger partial charge is 0.458 e. The lowest BCUT2D eigenvalue weighted by atomic mass is 9.84. The summed E-state index contributed by atoms with van der Waals surface area (Å²) in [5.41, 5.74) is -1.14. The van der Waals surface area contributed by atoms with E-state index in [1.165, 1.54) is 4.90 Å². The zero-order valence-electron chi connectivity index (χ0n) is 15.7. The maximum Gasteiger partial charge on any atom is 0.411 e. The molecule has 1 atom stereocenters. The maximum atomic E-state index is 12.9. The van der Waals surface area contributed by atoms with Gasteiger partial charge in [0.15, 0.2) is 0 Å². The third-order valence-corrected chi connectivity index (χ3v) is 4.36. The molecule has 0 spiro atoms. The van der Waals surface area contributed by atoms with Crippen LogP contribution in [0.3, 0.4) is 0 Å². The summed E-state index contributed by atoms with van der Waals surface area (Å²) < 4.78 is 10.9. The molecule has 0 N–H and O–H groups in total. The summed E-state index contributed by atoms with van der Waals surface area (Å²) in [5, 5.41) is 0. The van der Waals surface area contributed by atoms with Gasteiger partial charge in [0.1, 0.15) is 24.0 Å². The van der Waals surface area contributed by atoms with Crippen LogP contribution < -0.4 is 0 Å². The second-order valence-corrected chi connectivity index (χ2v) is 7.55. The molecular formula is C20H27NO5. The van der Waals surface area contributed by atoms with Crippen LogP contribution in [0.2, 0.25) is 0 Å². The first-order chi connectivity index (χ1) is 12.3. The van der Waals surface area contributed by atoms with Crippen molar-refractivity contribution in [1.29, 1.82) is 0 Å². The van der Waals surface area contributed by atoms with Crippen molar-refractivity contribution >= 4 is 18.3 Å². The highest BCUT2D eigenvalue weighted by molar-refractivity contribution is 5.88. The topological polar surface area (TPSA) is 72.9 Å². The summed E-state index contributed by atoms with van der Waals surface area (Å²) in [4.78, 5) is 38.3. The Morgan fingerprint density at radius 2 is 1.88 bits per heavy atom. The predicted molar refractivity (Wildman–Crippen MR) is 96.4 cm³/mol. The fraction of sp³-hybridized carbons (Fsp3) is 0.550. The van der Waals surface area contributed by atoms with E-state index in [4.69, 9.17) is 9.47 Å². The average Bonchev–Trinajstić information content (AvgIpc) is 2.59. The van der Waals surface area contributed by atoms with Crippen molar-refractivity contribution in [3.8, 4) is 0 Å². The SMILES string of the molecule is CC(C)(C)OC(=O)C1(CC=O)CCCCN1C(=O)OCc1ccccc1. The van der Waals surface area contributed by atoms with Gasteiger partial charge in [-0.05, 0) is 45.6 Å². The minimum absolute atomic E-state index is 0.0949. The number of carbonyl (C=O) groups is 3. The highest BCUT2D eigenvalue weighted by atomic mass is 16.6. The van der Waals surface area contributed by atoms with Crippen molar-refractivity contribution in [2.24, 2.45) is 0 Å². The first kappa shape index (κ1) is 19.9. The van der Waals surface area contributed by atoms with Gasteiger partial charge in [0.25, 0.3) is 0 Å². The minimum Gasteiger partial charge on any atom is -0.458 e. The molecule has 0 aromatic heterocycles. The molecule has 0 bridgehead atoms. The van der Waals surface area contributed by atoms with Gasteiger partial charge in [-0.1, -0.05) is 30.3 Å². The molecule has 142 valence electrons. The Bertz CT molecular complexity index is 637. The lowest BCUT2D eigenvalue weighted by Crippen LogP contribution is -2.61. The van der Waals surface area contributed by atoms with Crippen LogP contribution in [0.4, 0.5) is 4.79 Å². The Morgan fingerprint density at radius 1 is 1.19 bits per heavy atom. The highest BCUT2D eigenvalue weighted by Crippen LogP contribution is 2.34. The molecule has 26 heavy (non-hydrogen) atoms. The summed E-state index contributed by atoms with van der Waals surface area (Å²) >= 11 is 0. The molecule has 1 amide bonds. The number of ether oxygens (including phenoxy) is 2. The van der Waals surface area contributed by atoms with E-state index in [0.717, 1.165) is 18.4 Å². The maximum absolute atomic E-state index is 12.9. The molecule has 6 nitrogen and oxygen atoms in total. The molecule has 1 aliphatic heterocycles. The van der Waals surface area contributed by atoms with E-state index in [0.29, 0.717) is 19.3 Å². The molecule has 1 aromatic carbocycles. The standard InChI is InChI=1S/C20H27NO5/c1-19(2,3)26-17(23)20(12-14-22)11-7-8-13-21(20)18(24)25-15-16-9-5-4-6-10-16/h4-6,9-10,14H,7-8,11-13,15H2,1-3H3. The van der Waals surface area contributed by atoms with Crippen LogP contribution in [-0.2, 0) is 25.7 Å². The number of rotatable bonds is 5. The van der Waals surface area contributed by atoms with Crippen molar-refractivity contribution in [1.82, 2.24) is 4.90 Å².